The average Bonchev–Trinajstić information content (AvgIpc) is 0.815. The van der Waals surface area contributed by atoms with Crippen LogP contribution >= 0.6 is 0 Å². The zero-order valence-corrected chi connectivity index (χ0v) is 92.7. The number of primary amides is 1. The van der Waals surface area contributed by atoms with Gasteiger partial charge >= 0.3 is 18.1 Å². The van der Waals surface area contributed by atoms with Gasteiger partial charge in [0.2, 0.25) is 5.91 Å². The summed E-state index contributed by atoms with van der Waals surface area (Å²) in [6, 6.07) is 48.7. The van der Waals surface area contributed by atoms with Gasteiger partial charge in [-0.15, -0.1) is 0 Å². The van der Waals surface area contributed by atoms with Crippen LogP contribution in [0.15, 0.2) is 195 Å². The van der Waals surface area contributed by atoms with E-state index in [1.807, 2.05) is 188 Å². The molecule has 8 aromatic rings. The van der Waals surface area contributed by atoms with Gasteiger partial charge in [-0.25, -0.2) is 24.0 Å². The number of para-hydroxylation sites is 1. The number of anilines is 8. The first-order valence-corrected chi connectivity index (χ1v) is 47.4. The summed E-state index contributed by atoms with van der Waals surface area (Å²) in [5, 5.41) is 18.0. The summed E-state index contributed by atoms with van der Waals surface area (Å²) in [4.78, 5) is 81.5. The van der Waals surface area contributed by atoms with Gasteiger partial charge in [-0.1, -0.05) is 37.3 Å². The van der Waals surface area contributed by atoms with Crippen LogP contribution in [0.4, 0.5) is 67.5 Å². The van der Waals surface area contributed by atoms with Crippen molar-refractivity contribution in [1.29, 1.82) is 5.26 Å². The first kappa shape index (κ1) is 131. The van der Waals surface area contributed by atoms with Crippen molar-refractivity contribution in [3.05, 3.63) is 223 Å². The number of alkyl halides is 3. The maximum atomic E-state index is 12.9. The number of ether oxygens (including phenoxy) is 2. The number of nitriles is 1. The lowest BCUT2D eigenvalue weighted by atomic mass is 10.0. The molecule has 0 aliphatic carbocycles. The molecule has 2 N–H and O–H groups in total. The van der Waals surface area contributed by atoms with Crippen molar-refractivity contribution in [3.63, 3.8) is 0 Å². The van der Waals surface area contributed by atoms with Crippen LogP contribution in [0.2, 0.25) is 0 Å². The van der Waals surface area contributed by atoms with E-state index in [9.17, 15) is 36.3 Å². The minimum atomic E-state index is -4.28. The molecule has 140 heavy (non-hydrogen) atoms. The summed E-state index contributed by atoms with van der Waals surface area (Å²) < 4.78 is 73.1. The van der Waals surface area contributed by atoms with E-state index in [2.05, 4.69) is 223 Å². The summed E-state index contributed by atoms with van der Waals surface area (Å²) >= 11 is 0. The number of esters is 2. The maximum Gasteiger partial charge on any atom is 0.416 e. The molecule has 0 aliphatic rings. The number of halogens is 5. The van der Waals surface area contributed by atoms with Gasteiger partial charge in [-0.05, 0) is 348 Å². The molecule has 0 radical (unpaired) electrons. The van der Waals surface area contributed by atoms with Crippen LogP contribution in [0.5, 0.6) is 0 Å². The van der Waals surface area contributed by atoms with E-state index in [0.717, 1.165) is 78.2 Å². The highest BCUT2D eigenvalue weighted by Gasteiger charge is 2.32. The van der Waals surface area contributed by atoms with E-state index in [1.165, 1.54) is 30.5 Å². The van der Waals surface area contributed by atoms with Crippen LogP contribution in [-0.4, -0.2) is 196 Å². The molecule has 0 bridgehead atoms. The Labute approximate surface area is 839 Å². The summed E-state index contributed by atoms with van der Waals surface area (Å²) in [5.41, 5.74) is 13.2. The molecule has 3 heterocycles. The molecule has 786 valence electrons. The van der Waals surface area contributed by atoms with Crippen LogP contribution in [0, 0.1) is 23.0 Å². The predicted octanol–water partition coefficient (Wildman–Crippen LogP) is 25.6. The molecule has 0 spiro atoms. The predicted molar refractivity (Wildman–Crippen MR) is 570 cm³/mol. The zero-order chi connectivity index (χ0) is 108. The molecule has 25 nitrogen and oxygen atoms in total. The molecule has 0 atom stereocenters. The monoisotopic (exact) mass is 1960 g/mol. The molecule has 0 unspecified atom stereocenters. The van der Waals surface area contributed by atoms with Crippen LogP contribution in [0.3, 0.4) is 0 Å². The zero-order valence-electron chi connectivity index (χ0n) is 92.7. The highest BCUT2D eigenvalue weighted by Crippen LogP contribution is 2.34. The van der Waals surface area contributed by atoms with Gasteiger partial charge in [0.05, 0.1) is 124 Å². The Hall–Kier alpha value is -10.8. The van der Waals surface area contributed by atoms with Crippen molar-refractivity contribution < 1.29 is 70.0 Å². The number of aromatic nitrogens is 3. The fourth-order valence-corrected chi connectivity index (χ4v) is 12.0. The third-order valence-corrected chi connectivity index (χ3v) is 21.0. The highest BCUT2D eigenvalue weighted by molar-refractivity contribution is 5.93. The molecule has 1 amide bonds. The molecular formula is C110H176F5N15O10. The van der Waals surface area contributed by atoms with Gasteiger partial charge in [0.1, 0.15) is 11.6 Å². The lowest BCUT2D eigenvalue weighted by Gasteiger charge is -2.34. The first-order chi connectivity index (χ1) is 64.4. The number of hydrogen-bond acceptors (Lipinski definition) is 24. The van der Waals surface area contributed by atoms with Gasteiger partial charge in [-0.3, -0.25) is 43.8 Å². The highest BCUT2D eigenvalue weighted by atomic mass is 19.4. The second kappa shape index (κ2) is 62.5. The number of rotatable bonds is 26. The van der Waals surface area contributed by atoms with Crippen molar-refractivity contribution in [1.82, 2.24) is 25.1 Å². The van der Waals surface area contributed by atoms with Crippen molar-refractivity contribution >= 4 is 63.3 Å². The maximum absolute atomic E-state index is 12.9. The van der Waals surface area contributed by atoms with E-state index in [0.29, 0.717) is 48.9 Å². The number of amides is 1. The number of nitrogens with two attached hydrogens (primary N) is 1. The number of pyridine rings is 3. The Kier molecular flexibility index (Phi) is 58.6. The minimum Gasteiger partial charge on any atom is -0.466 e. The largest absolute Gasteiger partial charge is 0.466 e. The van der Waals surface area contributed by atoms with Crippen molar-refractivity contribution in [2.75, 3.05) is 137 Å². The summed E-state index contributed by atoms with van der Waals surface area (Å²) in [6.07, 6.45) is 8.95. The van der Waals surface area contributed by atoms with E-state index < -0.39 is 11.7 Å². The van der Waals surface area contributed by atoms with E-state index >= 15 is 0 Å². The summed E-state index contributed by atoms with van der Waals surface area (Å²) in [5.74, 6) is -1.12. The third-order valence-electron chi connectivity index (χ3n) is 21.0. The smallest absolute Gasteiger partial charge is 0.416 e. The second-order valence-corrected chi connectivity index (χ2v) is 41.9. The number of carbonyl (C=O) groups is 3. The molecular weight excluding hydrogens is 1790 g/mol. The van der Waals surface area contributed by atoms with E-state index in [1.54, 1.807) is 104 Å². The van der Waals surface area contributed by atoms with Gasteiger partial charge in [0.15, 0.2) is 0 Å². The van der Waals surface area contributed by atoms with Crippen molar-refractivity contribution in [3.8, 4) is 6.07 Å². The lowest BCUT2D eigenvalue weighted by molar-refractivity contribution is -0.188. The Morgan fingerprint density at radius 3 is 1.14 bits per heavy atom. The van der Waals surface area contributed by atoms with Gasteiger partial charge in [0.25, 0.3) is 0 Å². The fourth-order valence-electron chi connectivity index (χ4n) is 12.0. The fraction of sp³-hybridized carbons (Fsp3) is 0.555. The molecule has 0 aliphatic heterocycles. The first-order valence-electron chi connectivity index (χ1n) is 47.4. The van der Waals surface area contributed by atoms with Crippen LogP contribution in [-0.2, 0) is 49.4 Å². The van der Waals surface area contributed by atoms with Crippen LogP contribution < -0.4 is 45.4 Å². The number of hydroxylamine groups is 7. The Bertz CT molecular complexity index is 4530. The molecule has 3 aromatic heterocycles. The number of nitrogens with zero attached hydrogens (tertiary/aromatic N) is 14. The number of hydrogen-bond donors (Lipinski definition) is 1. The summed E-state index contributed by atoms with van der Waals surface area (Å²) in [6.45, 7) is 66.7. The average molecular weight is 1960 g/mol. The molecule has 8 rings (SSSR count). The molecule has 0 saturated heterocycles. The molecule has 0 saturated carbocycles. The lowest BCUT2D eigenvalue weighted by Crippen LogP contribution is -2.41. The minimum absolute atomic E-state index is 0.0178. The van der Waals surface area contributed by atoms with Crippen LogP contribution in [0.25, 0.3) is 0 Å². The standard InChI is InChI=1S/C12H16F3N.C12H18N2O.C12H16N2.C11H16FN.2C11H23NO3.C11H17NO.C10H15FN2.2C10H16N2O/c1-11(2,3)16(4)10-7-5-6-9(8-10)12(13,14)15;1-12(2,3)14(4)10-7-5-9(6-8-10)11(13)15;1-12(2,3)14(4)11-7-5-10(9-13)6-8-11;1-11(2,3)13(4)10-7-5-6-9(12)8-10;1-6-15-10(13)8-7-9-12(14-5)11(2,3)4;1-5-9-15-11(13)7-6-8-12(14-4)10(2)3;1-11(2,3)12(13-4)10-8-6-5-7-9-10;1-10(2,3)13(4)9-5-8(11)6-12-7-9;1-10(2,3)12(13-4)9-5-7-11-8-6-9;1-10(2,3)12(13-4)9-6-5-7-11-8-9/h5-8H,1-4H3;5-8H,1-4H3,(H2,13,15);5-8H,1-4H3;5-8H,1-4H3;6-9H2,1-5H3;10H,5-9H2,1-4H3;5-9H,1-4H3;5-7H,1-4H3;2*5-8H,1-4H3. The molecule has 30 heteroatoms. The molecule has 0 fully saturated rings. The van der Waals surface area contributed by atoms with Crippen LogP contribution in [0.1, 0.15) is 268 Å². The topological polar surface area (TPSA) is 237 Å². The van der Waals surface area contributed by atoms with Gasteiger partial charge in [-0.2, -0.15) is 28.6 Å². The second-order valence-electron chi connectivity index (χ2n) is 41.9. The molecule has 5 aromatic carbocycles. The Balaban J connectivity index is 0. The van der Waals surface area contributed by atoms with Gasteiger partial charge < -0.3 is 49.4 Å². The SMILES string of the molecule is CCCOC(=O)CCCN(OC)C(C)C.CCOC(=O)CCCN(OC)C(C)(C)C.CN(c1ccc(C#N)cc1)C(C)(C)C.CN(c1ccc(C(N)=O)cc1)C(C)(C)C.CN(c1cccc(C(F)(F)F)c1)C(C)(C)C.CN(c1cccc(F)c1)C(C)(C)C.CN(c1cncc(F)c1)C(C)(C)C.CON(c1ccccc1)C(C)(C)C.CON(c1cccnc1)C(C)(C)C.CON(c1ccncc1)C(C)(C)C. The normalized spacial score (nSPS) is 11.5. The van der Waals surface area contributed by atoms with Crippen molar-refractivity contribution in [2.24, 2.45) is 5.73 Å². The van der Waals surface area contributed by atoms with E-state index in [-0.39, 0.29) is 79.3 Å². The van der Waals surface area contributed by atoms with E-state index in [4.69, 9.17) is 44.7 Å². The Morgan fingerprint density at radius 2 is 0.771 bits per heavy atom. The van der Waals surface area contributed by atoms with Crippen molar-refractivity contribution in [2.45, 2.75) is 309 Å². The quantitative estimate of drug-likeness (QED) is 0.0301. The number of carbonyl (C=O) groups excluding carboxylic acids is 3. The summed E-state index contributed by atoms with van der Waals surface area (Å²) in [7, 11) is 18.1. The Morgan fingerprint density at radius 1 is 0.386 bits per heavy atom. The third kappa shape index (κ3) is 53.7. The van der Waals surface area contributed by atoms with Gasteiger partial charge in [0, 0.05) is 153 Å². The number of benzene rings is 5.